The number of nitrogens with one attached hydrogen (secondary N) is 1. The van der Waals surface area contributed by atoms with Gasteiger partial charge in [0.05, 0.1) is 5.69 Å². The second kappa shape index (κ2) is 8.74. The molecule has 25 heavy (non-hydrogen) atoms. The summed E-state index contributed by atoms with van der Waals surface area (Å²) in [6.45, 7) is 5.00. The standard InChI is InChI=1S/C17H16N2O5S/c1-3-8-23-16(22)15-11(2)18-17(25-15)19-14(21)10-24-13-6-4-12(9-20)5-7-13/h3-7,9H,1,8,10H2,2H3,(H,18,19,21). The molecular formula is C17H16N2O5S. The largest absolute Gasteiger partial charge is 0.484 e. The molecule has 0 saturated heterocycles. The van der Waals surface area contributed by atoms with E-state index in [2.05, 4.69) is 16.9 Å². The van der Waals surface area contributed by atoms with E-state index in [9.17, 15) is 14.4 Å². The van der Waals surface area contributed by atoms with Gasteiger partial charge in [0.25, 0.3) is 5.91 Å². The van der Waals surface area contributed by atoms with Crippen LogP contribution in [0.5, 0.6) is 5.75 Å². The van der Waals surface area contributed by atoms with Crippen LogP contribution in [0.3, 0.4) is 0 Å². The Morgan fingerprint density at radius 3 is 2.68 bits per heavy atom. The Kier molecular flexibility index (Phi) is 6.41. The fourth-order valence-electron chi connectivity index (χ4n) is 1.79. The third kappa shape index (κ3) is 5.25. The van der Waals surface area contributed by atoms with E-state index in [1.807, 2.05) is 0 Å². The van der Waals surface area contributed by atoms with E-state index < -0.39 is 11.9 Å². The molecule has 2 rings (SSSR count). The van der Waals surface area contributed by atoms with E-state index in [1.165, 1.54) is 6.08 Å². The summed E-state index contributed by atoms with van der Waals surface area (Å²) in [5, 5.41) is 2.85. The van der Waals surface area contributed by atoms with Crippen LogP contribution in [0.2, 0.25) is 0 Å². The zero-order valence-corrected chi connectivity index (χ0v) is 14.3. The lowest BCUT2D eigenvalue weighted by Crippen LogP contribution is -2.20. The van der Waals surface area contributed by atoms with Crippen molar-refractivity contribution in [2.45, 2.75) is 6.92 Å². The minimum atomic E-state index is -0.512. The van der Waals surface area contributed by atoms with E-state index in [0.717, 1.165) is 17.6 Å². The second-order valence-electron chi connectivity index (χ2n) is 4.84. The molecule has 0 radical (unpaired) electrons. The molecule has 0 saturated carbocycles. The van der Waals surface area contributed by atoms with Crippen LogP contribution in [0.1, 0.15) is 25.7 Å². The first-order valence-electron chi connectivity index (χ1n) is 7.27. The van der Waals surface area contributed by atoms with E-state index in [-0.39, 0.29) is 18.3 Å². The van der Waals surface area contributed by atoms with Crippen LogP contribution in [0.25, 0.3) is 0 Å². The molecule has 1 N–H and O–H groups in total. The molecule has 0 spiro atoms. The summed E-state index contributed by atoms with van der Waals surface area (Å²) in [4.78, 5) is 38.8. The number of aromatic nitrogens is 1. The van der Waals surface area contributed by atoms with Gasteiger partial charge in [0, 0.05) is 5.56 Å². The van der Waals surface area contributed by atoms with E-state index >= 15 is 0 Å². The molecule has 7 nitrogen and oxygen atoms in total. The van der Waals surface area contributed by atoms with Crippen LogP contribution in [-0.2, 0) is 9.53 Å². The van der Waals surface area contributed by atoms with Gasteiger partial charge in [0.2, 0.25) is 0 Å². The molecule has 2 aromatic rings. The van der Waals surface area contributed by atoms with Gasteiger partial charge in [-0.1, -0.05) is 24.0 Å². The third-order valence-electron chi connectivity index (χ3n) is 2.95. The maximum atomic E-state index is 11.9. The Labute approximate surface area is 148 Å². The van der Waals surface area contributed by atoms with Crippen LogP contribution < -0.4 is 10.1 Å². The lowest BCUT2D eigenvalue weighted by Gasteiger charge is -2.05. The molecule has 1 heterocycles. The maximum Gasteiger partial charge on any atom is 0.350 e. The molecule has 0 fully saturated rings. The number of esters is 1. The Morgan fingerprint density at radius 2 is 2.04 bits per heavy atom. The van der Waals surface area contributed by atoms with Gasteiger partial charge < -0.3 is 9.47 Å². The van der Waals surface area contributed by atoms with Crippen LogP contribution in [0, 0.1) is 6.92 Å². The number of rotatable bonds is 8. The molecule has 0 aliphatic carbocycles. The van der Waals surface area contributed by atoms with E-state index in [0.29, 0.717) is 21.9 Å². The van der Waals surface area contributed by atoms with Gasteiger partial charge in [-0.05, 0) is 31.2 Å². The molecule has 1 aromatic carbocycles. The van der Waals surface area contributed by atoms with Gasteiger partial charge in [-0.15, -0.1) is 0 Å². The number of aldehydes is 1. The first-order valence-corrected chi connectivity index (χ1v) is 8.08. The van der Waals surface area contributed by atoms with Gasteiger partial charge in [-0.3, -0.25) is 14.9 Å². The van der Waals surface area contributed by atoms with Crippen molar-refractivity contribution in [1.82, 2.24) is 4.98 Å². The summed E-state index contributed by atoms with van der Waals surface area (Å²) in [6, 6.07) is 6.37. The molecule has 0 aliphatic heterocycles. The van der Waals surface area contributed by atoms with Crippen LogP contribution in [-0.4, -0.2) is 36.4 Å². The van der Waals surface area contributed by atoms with Gasteiger partial charge >= 0.3 is 5.97 Å². The first-order chi connectivity index (χ1) is 12.0. The Morgan fingerprint density at radius 1 is 1.32 bits per heavy atom. The molecule has 0 atom stereocenters. The van der Waals surface area contributed by atoms with Crippen molar-refractivity contribution >= 4 is 34.6 Å². The number of hydrogen-bond donors (Lipinski definition) is 1. The Hall–Kier alpha value is -3.00. The van der Waals surface area contributed by atoms with Crippen LogP contribution in [0.15, 0.2) is 36.9 Å². The highest BCUT2D eigenvalue weighted by Gasteiger charge is 2.17. The highest BCUT2D eigenvalue weighted by Crippen LogP contribution is 2.23. The predicted molar refractivity (Wildman–Crippen MR) is 93.3 cm³/mol. The number of nitrogens with zero attached hydrogens (tertiary/aromatic N) is 1. The van der Waals surface area contributed by atoms with Gasteiger partial charge in [-0.2, -0.15) is 0 Å². The number of anilines is 1. The Bertz CT molecular complexity index is 783. The number of ether oxygens (including phenoxy) is 2. The molecule has 1 amide bonds. The number of carbonyl (C=O) groups is 3. The zero-order valence-electron chi connectivity index (χ0n) is 13.5. The number of benzene rings is 1. The SMILES string of the molecule is C=CCOC(=O)c1sc(NC(=O)COc2ccc(C=O)cc2)nc1C. The predicted octanol–water partition coefficient (Wildman–Crippen LogP) is 2.62. The Balaban J connectivity index is 1.90. The van der Waals surface area contributed by atoms with Gasteiger partial charge in [0.1, 0.15) is 23.5 Å². The summed E-state index contributed by atoms with van der Waals surface area (Å²) >= 11 is 1.03. The smallest absolute Gasteiger partial charge is 0.350 e. The molecule has 130 valence electrons. The van der Waals surface area contributed by atoms with Crippen molar-refractivity contribution in [2.75, 3.05) is 18.5 Å². The quantitative estimate of drug-likeness (QED) is 0.442. The lowest BCUT2D eigenvalue weighted by atomic mass is 10.2. The van der Waals surface area contributed by atoms with Crippen LogP contribution >= 0.6 is 11.3 Å². The van der Waals surface area contributed by atoms with Crippen molar-refractivity contribution in [3.8, 4) is 5.75 Å². The van der Waals surface area contributed by atoms with Crippen molar-refractivity contribution in [3.05, 3.63) is 53.1 Å². The average molecular weight is 360 g/mol. The summed E-state index contributed by atoms with van der Waals surface area (Å²) in [5.74, 6) is -0.467. The topological polar surface area (TPSA) is 94.6 Å². The van der Waals surface area contributed by atoms with Crippen molar-refractivity contribution in [1.29, 1.82) is 0 Å². The molecule has 1 aromatic heterocycles. The van der Waals surface area contributed by atoms with Crippen molar-refractivity contribution in [3.63, 3.8) is 0 Å². The highest BCUT2D eigenvalue weighted by molar-refractivity contribution is 7.17. The number of amides is 1. The summed E-state index contributed by atoms with van der Waals surface area (Å²) in [7, 11) is 0. The monoisotopic (exact) mass is 360 g/mol. The normalized spacial score (nSPS) is 9.96. The van der Waals surface area contributed by atoms with E-state index in [4.69, 9.17) is 9.47 Å². The zero-order chi connectivity index (χ0) is 18.2. The summed E-state index contributed by atoms with van der Waals surface area (Å²) < 4.78 is 10.3. The average Bonchev–Trinajstić information content (AvgIpc) is 2.98. The fraction of sp³-hybridized carbons (Fsp3) is 0.176. The van der Waals surface area contributed by atoms with Crippen molar-refractivity contribution in [2.24, 2.45) is 0 Å². The van der Waals surface area contributed by atoms with E-state index in [1.54, 1.807) is 31.2 Å². The first kappa shape index (κ1) is 18.3. The third-order valence-corrected chi connectivity index (χ3v) is 4.00. The maximum absolute atomic E-state index is 11.9. The number of thiazole rings is 1. The summed E-state index contributed by atoms with van der Waals surface area (Å²) in [6.07, 6.45) is 2.19. The van der Waals surface area contributed by atoms with Gasteiger partial charge in [-0.25, -0.2) is 9.78 Å². The molecular weight excluding hydrogens is 344 g/mol. The number of hydrogen-bond acceptors (Lipinski definition) is 7. The number of aryl methyl sites for hydroxylation is 1. The molecule has 0 bridgehead atoms. The lowest BCUT2D eigenvalue weighted by molar-refractivity contribution is -0.118. The fourth-order valence-corrected chi connectivity index (χ4v) is 2.66. The van der Waals surface area contributed by atoms with Gasteiger partial charge in [0.15, 0.2) is 11.7 Å². The second-order valence-corrected chi connectivity index (χ2v) is 5.84. The number of carbonyl (C=O) groups excluding carboxylic acids is 3. The summed E-state index contributed by atoms with van der Waals surface area (Å²) in [5.41, 5.74) is 0.991. The molecule has 0 unspecified atom stereocenters. The minimum absolute atomic E-state index is 0.106. The minimum Gasteiger partial charge on any atom is -0.484 e. The van der Waals surface area contributed by atoms with Crippen LogP contribution in [0.4, 0.5) is 5.13 Å². The molecule has 0 aliphatic rings. The molecule has 8 heteroatoms. The van der Waals surface area contributed by atoms with Crippen molar-refractivity contribution < 1.29 is 23.9 Å². The highest BCUT2D eigenvalue weighted by atomic mass is 32.1.